The van der Waals surface area contributed by atoms with E-state index in [4.69, 9.17) is 10.2 Å². The molecule has 0 aliphatic carbocycles. The van der Waals surface area contributed by atoms with Crippen LogP contribution in [0.4, 0.5) is 0 Å². The number of nitrogens with zero attached hydrogens (tertiary/aromatic N) is 1. The highest BCUT2D eigenvalue weighted by atomic mass is 31.2. The van der Waals surface area contributed by atoms with Crippen LogP contribution in [0.15, 0.2) is 12.2 Å². The van der Waals surface area contributed by atoms with Gasteiger partial charge in [-0.3, -0.25) is 4.52 Å². The molecule has 0 saturated carbocycles. The normalized spacial score (nSPS) is 13.6. The van der Waals surface area contributed by atoms with Gasteiger partial charge in [0.05, 0.1) is 6.61 Å². The first-order chi connectivity index (χ1) is 7.43. The van der Waals surface area contributed by atoms with Gasteiger partial charge in [0.2, 0.25) is 6.79 Å². The molecule has 16 heavy (non-hydrogen) atoms. The van der Waals surface area contributed by atoms with Gasteiger partial charge in [0, 0.05) is 0 Å². The predicted octanol–water partition coefficient (Wildman–Crippen LogP) is 1.11. The second-order valence-corrected chi connectivity index (χ2v) is 4.02. The Hall–Kier alpha value is -1.19. The molecule has 1 atom stereocenters. The van der Waals surface area contributed by atoms with Gasteiger partial charge in [-0.25, -0.2) is 13.9 Å². The summed E-state index contributed by atoms with van der Waals surface area (Å²) in [6.45, 7) is 4.10. The fourth-order valence-corrected chi connectivity index (χ4v) is 1.20. The van der Waals surface area contributed by atoms with Crippen molar-refractivity contribution in [3.05, 3.63) is 12.2 Å². The number of rotatable bonds is 7. The number of nitriles is 1. The van der Waals surface area contributed by atoms with Crippen molar-refractivity contribution >= 4 is 13.8 Å². The molecule has 8 heteroatoms. The maximum atomic E-state index is 11.0. The average molecular weight is 249 g/mol. The second kappa shape index (κ2) is 7.14. The van der Waals surface area contributed by atoms with E-state index >= 15 is 0 Å². The quantitative estimate of drug-likeness (QED) is 0.237. The molecule has 7 nitrogen and oxygen atoms in total. The summed E-state index contributed by atoms with van der Waals surface area (Å²) in [5, 5.41) is 8.26. The van der Waals surface area contributed by atoms with Crippen molar-refractivity contribution in [3.8, 4) is 6.07 Å². The molecule has 0 spiro atoms. The molecule has 0 fully saturated rings. The van der Waals surface area contributed by atoms with Gasteiger partial charge in [0.25, 0.3) is 0 Å². The number of phosphoric ester groups is 1. The van der Waals surface area contributed by atoms with Gasteiger partial charge >= 0.3 is 13.8 Å². The minimum Gasteiger partial charge on any atom is -0.434 e. The first-order valence-corrected chi connectivity index (χ1v) is 5.80. The van der Waals surface area contributed by atoms with E-state index in [0.717, 1.165) is 0 Å². The van der Waals surface area contributed by atoms with Crippen molar-refractivity contribution in [2.75, 3.05) is 13.4 Å². The third-order valence-corrected chi connectivity index (χ3v) is 2.19. The second-order valence-electron chi connectivity index (χ2n) is 2.57. The zero-order valence-electron chi connectivity index (χ0n) is 8.71. The number of carbonyl (C=O) groups excluding carboxylic acids is 1. The van der Waals surface area contributed by atoms with Crippen molar-refractivity contribution in [2.24, 2.45) is 0 Å². The Balaban J connectivity index is 3.90. The SMILES string of the molecule is C=C(C#N)C(=O)OCOP(=O)(O)OCCC. The monoisotopic (exact) mass is 249 g/mol. The van der Waals surface area contributed by atoms with E-state index in [1.54, 1.807) is 6.92 Å². The summed E-state index contributed by atoms with van der Waals surface area (Å²) in [5.74, 6) is -1.02. The summed E-state index contributed by atoms with van der Waals surface area (Å²) in [7, 11) is -4.19. The lowest BCUT2D eigenvalue weighted by Crippen LogP contribution is -2.09. The van der Waals surface area contributed by atoms with Crippen molar-refractivity contribution in [1.82, 2.24) is 0 Å². The van der Waals surface area contributed by atoms with E-state index in [2.05, 4.69) is 20.4 Å². The number of hydrogen-bond donors (Lipinski definition) is 1. The maximum absolute atomic E-state index is 11.0. The molecule has 0 amide bonds. The summed E-state index contributed by atoms with van der Waals surface area (Å²) < 4.78 is 24.1. The maximum Gasteiger partial charge on any atom is 0.475 e. The smallest absolute Gasteiger partial charge is 0.434 e. The number of carbonyl (C=O) groups is 1. The molecule has 0 aromatic heterocycles. The Labute approximate surface area is 92.8 Å². The van der Waals surface area contributed by atoms with Gasteiger partial charge in [-0.1, -0.05) is 13.5 Å². The van der Waals surface area contributed by atoms with Gasteiger partial charge in [0.15, 0.2) is 0 Å². The molecule has 0 saturated heterocycles. The minimum absolute atomic E-state index is 0.0482. The van der Waals surface area contributed by atoms with Gasteiger partial charge in [-0.2, -0.15) is 5.26 Å². The number of esters is 1. The van der Waals surface area contributed by atoms with Crippen molar-refractivity contribution in [3.63, 3.8) is 0 Å². The molecule has 0 rings (SSSR count). The van der Waals surface area contributed by atoms with Crippen LogP contribution in [0.2, 0.25) is 0 Å². The standard InChI is InChI=1S/C8H12NO6P/c1-3-4-14-16(11,12)15-6-13-8(10)7(2)5-9/h2-4,6H2,1H3,(H,11,12). The summed E-state index contributed by atoms with van der Waals surface area (Å²) in [6.07, 6.45) is 0.541. The Morgan fingerprint density at radius 1 is 1.56 bits per heavy atom. The van der Waals surface area contributed by atoms with Crippen LogP contribution in [0.3, 0.4) is 0 Å². The number of ether oxygens (including phenoxy) is 1. The lowest BCUT2D eigenvalue weighted by atomic mass is 10.3. The Bertz CT molecular complexity index is 347. The molecule has 0 heterocycles. The fraction of sp³-hybridized carbons (Fsp3) is 0.500. The highest BCUT2D eigenvalue weighted by molar-refractivity contribution is 7.47. The van der Waals surface area contributed by atoms with Crippen LogP contribution in [0.5, 0.6) is 0 Å². The largest absolute Gasteiger partial charge is 0.475 e. The van der Waals surface area contributed by atoms with Gasteiger partial charge in [-0.05, 0) is 6.42 Å². The molecule has 0 aliphatic rings. The summed E-state index contributed by atoms with van der Waals surface area (Å²) >= 11 is 0. The van der Waals surface area contributed by atoms with E-state index in [0.29, 0.717) is 6.42 Å². The summed E-state index contributed by atoms with van der Waals surface area (Å²) in [5.41, 5.74) is -0.425. The van der Waals surface area contributed by atoms with Crippen molar-refractivity contribution in [2.45, 2.75) is 13.3 Å². The van der Waals surface area contributed by atoms with E-state index in [9.17, 15) is 9.36 Å². The molecular weight excluding hydrogens is 237 g/mol. The molecule has 0 aliphatic heterocycles. The van der Waals surface area contributed by atoms with Crippen LogP contribution >= 0.6 is 7.82 Å². The molecule has 0 bridgehead atoms. The van der Waals surface area contributed by atoms with E-state index in [1.807, 2.05) is 0 Å². The Morgan fingerprint density at radius 2 is 2.19 bits per heavy atom. The minimum atomic E-state index is -4.19. The molecule has 0 aromatic rings. The molecule has 0 aromatic carbocycles. The van der Waals surface area contributed by atoms with Crippen LogP contribution in [0.1, 0.15) is 13.3 Å². The fourth-order valence-electron chi connectivity index (χ4n) is 0.523. The third kappa shape index (κ3) is 6.32. The Kier molecular flexibility index (Phi) is 6.61. The van der Waals surface area contributed by atoms with Gasteiger partial charge < -0.3 is 9.63 Å². The zero-order chi connectivity index (χ0) is 12.6. The average Bonchev–Trinajstić information content (AvgIpc) is 2.24. The first kappa shape index (κ1) is 14.8. The van der Waals surface area contributed by atoms with E-state index in [-0.39, 0.29) is 6.61 Å². The Morgan fingerprint density at radius 3 is 2.69 bits per heavy atom. The predicted molar refractivity (Wildman–Crippen MR) is 52.9 cm³/mol. The van der Waals surface area contributed by atoms with Crippen LogP contribution in [-0.4, -0.2) is 24.3 Å². The van der Waals surface area contributed by atoms with Crippen LogP contribution in [0, 0.1) is 11.3 Å². The highest BCUT2D eigenvalue weighted by Crippen LogP contribution is 2.42. The first-order valence-electron chi connectivity index (χ1n) is 4.31. The van der Waals surface area contributed by atoms with Crippen LogP contribution < -0.4 is 0 Å². The van der Waals surface area contributed by atoms with Crippen molar-refractivity contribution < 1.29 is 28.0 Å². The number of hydrogen-bond acceptors (Lipinski definition) is 6. The molecule has 90 valence electrons. The lowest BCUT2D eigenvalue weighted by molar-refractivity contribution is -0.145. The number of phosphoric acid groups is 1. The molecule has 0 radical (unpaired) electrons. The van der Waals surface area contributed by atoms with Crippen LogP contribution in [0.25, 0.3) is 0 Å². The summed E-state index contributed by atoms with van der Waals surface area (Å²) in [6, 6.07) is 1.46. The highest BCUT2D eigenvalue weighted by Gasteiger charge is 2.21. The van der Waals surface area contributed by atoms with Crippen LogP contribution in [-0.2, 0) is 23.1 Å². The van der Waals surface area contributed by atoms with Gasteiger partial charge in [-0.15, -0.1) is 0 Å². The molecular formula is C8H12NO6P. The zero-order valence-corrected chi connectivity index (χ0v) is 9.61. The van der Waals surface area contributed by atoms with Gasteiger partial charge in [0.1, 0.15) is 11.6 Å². The lowest BCUT2D eigenvalue weighted by Gasteiger charge is -2.11. The third-order valence-electron chi connectivity index (χ3n) is 1.25. The molecule has 1 N–H and O–H groups in total. The topological polar surface area (TPSA) is 106 Å². The van der Waals surface area contributed by atoms with E-state index in [1.165, 1.54) is 6.07 Å². The molecule has 1 unspecified atom stereocenters. The van der Waals surface area contributed by atoms with E-state index < -0.39 is 26.2 Å². The summed E-state index contributed by atoms with van der Waals surface area (Å²) in [4.78, 5) is 19.8. The van der Waals surface area contributed by atoms with Crippen molar-refractivity contribution in [1.29, 1.82) is 5.26 Å².